The number of nitrogens with two attached hydrogens (primary N) is 1. The fourth-order valence-corrected chi connectivity index (χ4v) is 5.62. The Balaban J connectivity index is 1.78. The first-order valence-corrected chi connectivity index (χ1v) is 11.5. The highest BCUT2D eigenvalue weighted by molar-refractivity contribution is 8.01. The van der Waals surface area contributed by atoms with E-state index in [9.17, 15) is 9.59 Å². The van der Waals surface area contributed by atoms with E-state index in [1.807, 2.05) is 37.3 Å². The molecule has 0 spiro atoms. The van der Waals surface area contributed by atoms with Gasteiger partial charge in [0.1, 0.15) is 10.4 Å². The highest BCUT2D eigenvalue weighted by atomic mass is 32.2. The van der Waals surface area contributed by atoms with Crippen LogP contribution >= 0.6 is 34.9 Å². The number of amides is 1. The molecule has 4 aromatic rings. The molecule has 1 aromatic carbocycles. The van der Waals surface area contributed by atoms with E-state index in [0.717, 1.165) is 27.5 Å². The van der Waals surface area contributed by atoms with E-state index in [-0.39, 0.29) is 10.7 Å². The molecule has 9 nitrogen and oxygen atoms in total. The smallest absolute Gasteiger partial charge is 0.262 e. The van der Waals surface area contributed by atoms with Gasteiger partial charge in [-0.15, -0.1) is 10.2 Å². The van der Waals surface area contributed by atoms with Crippen LogP contribution in [0.25, 0.3) is 16.7 Å². The van der Waals surface area contributed by atoms with Crippen LogP contribution in [0.2, 0.25) is 0 Å². The summed E-state index contributed by atoms with van der Waals surface area (Å²) in [4.78, 5) is 32.3. The first kappa shape index (κ1) is 20.6. The Bertz CT molecular complexity index is 1270. The van der Waals surface area contributed by atoms with Crippen molar-refractivity contribution in [2.45, 2.75) is 28.1 Å². The zero-order valence-corrected chi connectivity index (χ0v) is 18.5. The van der Waals surface area contributed by atoms with Gasteiger partial charge in [-0.05, 0) is 24.8 Å². The lowest BCUT2D eigenvalue weighted by Gasteiger charge is -2.21. The van der Waals surface area contributed by atoms with Gasteiger partial charge in [0.25, 0.3) is 5.56 Å². The van der Waals surface area contributed by atoms with Crippen LogP contribution in [0.3, 0.4) is 0 Å². The summed E-state index contributed by atoms with van der Waals surface area (Å²) in [6, 6.07) is 9.37. The van der Waals surface area contributed by atoms with Crippen molar-refractivity contribution in [2.24, 2.45) is 5.73 Å². The van der Waals surface area contributed by atoms with Gasteiger partial charge in [-0.25, -0.2) is 9.67 Å². The highest BCUT2D eigenvalue weighted by Crippen LogP contribution is 2.42. The third kappa shape index (κ3) is 3.73. The van der Waals surface area contributed by atoms with Crippen LogP contribution in [0.4, 0.5) is 0 Å². The molecule has 0 radical (unpaired) electrons. The van der Waals surface area contributed by atoms with Crippen molar-refractivity contribution in [1.82, 2.24) is 29.9 Å². The number of fused-ring (bicyclic) bond motifs is 1. The summed E-state index contributed by atoms with van der Waals surface area (Å²) in [5.74, 6) is 0.236. The first-order valence-electron chi connectivity index (χ1n) is 8.91. The summed E-state index contributed by atoms with van der Waals surface area (Å²) in [6.45, 7) is 3.66. The first-order chi connectivity index (χ1) is 14.4. The van der Waals surface area contributed by atoms with E-state index in [1.54, 1.807) is 11.6 Å². The molecule has 1 atom stereocenters. The van der Waals surface area contributed by atoms with Gasteiger partial charge in [-0.3, -0.25) is 9.59 Å². The third-order valence-electron chi connectivity index (χ3n) is 4.27. The Morgan fingerprint density at radius 3 is 2.77 bits per heavy atom. The highest BCUT2D eigenvalue weighted by Gasteiger charge is 2.39. The second-order valence-corrected chi connectivity index (χ2v) is 10.2. The number of primary amides is 1. The Kier molecular flexibility index (Phi) is 5.62. The number of nitrogens with one attached hydrogen (secondary N) is 1. The van der Waals surface area contributed by atoms with E-state index in [0.29, 0.717) is 16.0 Å². The molecule has 0 aliphatic carbocycles. The van der Waals surface area contributed by atoms with Crippen LogP contribution in [0.1, 0.15) is 18.9 Å². The Morgan fingerprint density at radius 1 is 1.30 bits per heavy atom. The fraction of sp³-hybridized carbons (Fsp3) is 0.222. The number of carbonyl (C=O) groups excluding carboxylic acids is 1. The van der Waals surface area contributed by atoms with Crippen molar-refractivity contribution in [3.63, 3.8) is 0 Å². The second-order valence-electron chi connectivity index (χ2n) is 6.31. The average molecular weight is 460 g/mol. The van der Waals surface area contributed by atoms with Crippen molar-refractivity contribution in [3.8, 4) is 5.69 Å². The van der Waals surface area contributed by atoms with Crippen LogP contribution in [0.5, 0.6) is 0 Å². The van der Waals surface area contributed by atoms with Gasteiger partial charge in [0.05, 0.1) is 11.9 Å². The molecule has 154 valence electrons. The topological polar surface area (TPSA) is 132 Å². The molecular weight excluding hydrogens is 442 g/mol. The summed E-state index contributed by atoms with van der Waals surface area (Å²) in [5, 5.41) is 13.6. The minimum atomic E-state index is -1.24. The van der Waals surface area contributed by atoms with Gasteiger partial charge in [0.15, 0.2) is 19.9 Å². The zero-order valence-electron chi connectivity index (χ0n) is 16.0. The van der Waals surface area contributed by atoms with Crippen LogP contribution in [0.15, 0.2) is 50.8 Å². The van der Waals surface area contributed by atoms with E-state index in [1.165, 1.54) is 29.3 Å². The number of hydrogen-bond donors (Lipinski definition) is 2. The molecule has 12 heteroatoms. The van der Waals surface area contributed by atoms with E-state index in [4.69, 9.17) is 5.73 Å². The molecule has 0 fully saturated rings. The van der Waals surface area contributed by atoms with E-state index >= 15 is 0 Å². The maximum atomic E-state index is 12.6. The van der Waals surface area contributed by atoms with Crippen molar-refractivity contribution in [1.29, 1.82) is 0 Å². The van der Waals surface area contributed by atoms with Crippen LogP contribution < -0.4 is 11.3 Å². The van der Waals surface area contributed by atoms with Gasteiger partial charge in [-0.1, -0.05) is 60.0 Å². The summed E-state index contributed by atoms with van der Waals surface area (Å²) in [5.41, 5.74) is 6.53. The lowest BCUT2D eigenvalue weighted by atomic mass is 10.2. The normalized spacial score (nSPS) is 13.4. The number of aromatic amines is 1. The molecule has 3 aromatic heterocycles. The van der Waals surface area contributed by atoms with Gasteiger partial charge in [-0.2, -0.15) is 5.10 Å². The van der Waals surface area contributed by atoms with Crippen molar-refractivity contribution in [3.05, 3.63) is 51.9 Å². The Labute approximate surface area is 183 Å². The Morgan fingerprint density at radius 2 is 2.07 bits per heavy atom. The van der Waals surface area contributed by atoms with E-state index in [2.05, 4.69) is 25.3 Å². The standard InChI is InChI=1S/C18H17N7O2S3/c1-3-28-17-24-23-15(29-17)18(2,14(19)27)30-16-21-12-11(13(26)22-16)9-20-25(12)10-7-5-4-6-8-10/h4-9H,3H2,1-2H3,(H2,19,27)(H,21,22,26). The number of nitrogens with zero attached hydrogens (tertiary/aromatic N) is 5. The number of thioether (sulfide) groups is 2. The monoisotopic (exact) mass is 459 g/mol. The molecule has 1 unspecified atom stereocenters. The molecule has 30 heavy (non-hydrogen) atoms. The number of carbonyl (C=O) groups is 1. The number of benzene rings is 1. The maximum Gasteiger partial charge on any atom is 0.262 e. The van der Waals surface area contributed by atoms with Gasteiger partial charge >= 0.3 is 0 Å². The summed E-state index contributed by atoms with van der Waals surface area (Å²) < 4.78 is 1.09. The molecular formula is C18H17N7O2S3. The van der Waals surface area contributed by atoms with Crippen LogP contribution in [-0.2, 0) is 9.54 Å². The number of para-hydroxylation sites is 1. The van der Waals surface area contributed by atoms with Gasteiger partial charge < -0.3 is 10.7 Å². The summed E-state index contributed by atoms with van der Waals surface area (Å²) >= 11 is 3.87. The predicted molar refractivity (Wildman–Crippen MR) is 118 cm³/mol. The molecule has 0 saturated heterocycles. The molecule has 4 rings (SSSR count). The van der Waals surface area contributed by atoms with Gasteiger partial charge in [0, 0.05) is 0 Å². The number of rotatable bonds is 7. The molecule has 1 amide bonds. The maximum absolute atomic E-state index is 12.6. The largest absolute Gasteiger partial charge is 0.368 e. The van der Waals surface area contributed by atoms with Crippen LogP contribution in [-0.4, -0.2) is 41.6 Å². The van der Waals surface area contributed by atoms with Crippen molar-refractivity contribution >= 4 is 51.8 Å². The third-order valence-corrected chi connectivity index (χ3v) is 7.75. The predicted octanol–water partition coefficient (Wildman–Crippen LogP) is 2.57. The SMILES string of the molecule is CCSc1nnc(C(C)(Sc2nc3c(cnn3-c3ccccc3)c(=O)[nH]2)C(N)=O)s1. The number of hydrogen-bond acceptors (Lipinski definition) is 9. The van der Waals surface area contributed by atoms with Gasteiger partial charge in [0.2, 0.25) is 5.91 Å². The lowest BCUT2D eigenvalue weighted by molar-refractivity contribution is -0.120. The van der Waals surface area contributed by atoms with E-state index < -0.39 is 10.7 Å². The molecule has 0 bridgehead atoms. The quantitative estimate of drug-likeness (QED) is 0.318. The number of H-pyrrole nitrogens is 1. The lowest BCUT2D eigenvalue weighted by Crippen LogP contribution is -2.36. The van der Waals surface area contributed by atoms with Crippen molar-refractivity contribution < 1.29 is 4.79 Å². The summed E-state index contributed by atoms with van der Waals surface area (Å²) in [6.07, 6.45) is 1.47. The molecule has 0 saturated carbocycles. The number of aromatic nitrogens is 6. The minimum absolute atomic E-state index is 0.242. The molecule has 0 aliphatic rings. The van der Waals surface area contributed by atoms with Crippen molar-refractivity contribution in [2.75, 3.05) is 5.75 Å². The second kappa shape index (κ2) is 8.20. The molecule has 0 aliphatic heterocycles. The molecule has 3 heterocycles. The zero-order chi connectivity index (χ0) is 21.3. The minimum Gasteiger partial charge on any atom is -0.368 e. The summed E-state index contributed by atoms with van der Waals surface area (Å²) in [7, 11) is 0. The average Bonchev–Trinajstić information content (AvgIpc) is 3.36. The van der Waals surface area contributed by atoms with Crippen LogP contribution in [0, 0.1) is 0 Å². The Hall–Kier alpha value is -2.70. The molecule has 3 N–H and O–H groups in total. The fourth-order valence-electron chi connectivity index (χ4n) is 2.68.